The number of rotatable bonds is 1. The molecule has 1 fully saturated rings. The van der Waals surface area contributed by atoms with Crippen LogP contribution in [0.2, 0.25) is 0 Å². The van der Waals surface area contributed by atoms with E-state index in [1.54, 1.807) is 11.1 Å². The Labute approximate surface area is 111 Å². The first-order valence-electron chi connectivity index (χ1n) is 5.54. The minimum atomic E-state index is -0.764. The van der Waals surface area contributed by atoms with Crippen molar-refractivity contribution in [3.05, 3.63) is 29.0 Å². The standard InChI is InChI=1S/C11H11BrN4O2/c12-7-2-1-4-15-9(6-13-10(7)15)16-5-3-8(17)14-11(16)18/h1-2,4,6,8,17H,3,5H2,(H,14,18). The van der Waals surface area contributed by atoms with Crippen LogP contribution in [0.5, 0.6) is 0 Å². The highest BCUT2D eigenvalue weighted by Crippen LogP contribution is 2.24. The molecule has 1 aliphatic rings. The Morgan fingerprint density at radius 3 is 3.17 bits per heavy atom. The number of nitrogens with zero attached hydrogens (tertiary/aromatic N) is 3. The van der Waals surface area contributed by atoms with Gasteiger partial charge in [-0.2, -0.15) is 0 Å². The number of hydrogen-bond acceptors (Lipinski definition) is 3. The van der Waals surface area contributed by atoms with Gasteiger partial charge >= 0.3 is 6.03 Å². The van der Waals surface area contributed by atoms with Gasteiger partial charge in [0.05, 0.1) is 10.7 Å². The molecule has 2 N–H and O–H groups in total. The maximum atomic E-state index is 11.8. The fourth-order valence-electron chi connectivity index (χ4n) is 2.03. The third-order valence-electron chi connectivity index (χ3n) is 2.91. The van der Waals surface area contributed by atoms with Gasteiger partial charge in [0.1, 0.15) is 12.0 Å². The molecule has 7 heteroatoms. The van der Waals surface area contributed by atoms with Crippen molar-refractivity contribution < 1.29 is 9.90 Å². The Kier molecular flexibility index (Phi) is 2.71. The van der Waals surface area contributed by atoms with Crippen molar-refractivity contribution in [2.45, 2.75) is 12.6 Å². The largest absolute Gasteiger partial charge is 0.374 e. The highest BCUT2D eigenvalue weighted by molar-refractivity contribution is 9.10. The molecular formula is C11H11BrN4O2. The summed E-state index contributed by atoms with van der Waals surface area (Å²) in [5.74, 6) is 0.690. The van der Waals surface area contributed by atoms with E-state index in [0.29, 0.717) is 18.8 Å². The number of anilines is 1. The topological polar surface area (TPSA) is 69.9 Å². The molecule has 0 spiro atoms. The lowest BCUT2D eigenvalue weighted by Gasteiger charge is -2.29. The zero-order chi connectivity index (χ0) is 12.7. The van der Waals surface area contributed by atoms with Crippen LogP contribution in [0.25, 0.3) is 5.65 Å². The molecule has 3 heterocycles. The van der Waals surface area contributed by atoms with Crippen LogP contribution in [0.4, 0.5) is 10.6 Å². The van der Waals surface area contributed by atoms with Crippen LogP contribution >= 0.6 is 15.9 Å². The molecule has 2 aromatic rings. The van der Waals surface area contributed by atoms with Gasteiger partial charge in [-0.15, -0.1) is 0 Å². The average Bonchev–Trinajstić information content (AvgIpc) is 2.74. The molecule has 1 saturated heterocycles. The lowest BCUT2D eigenvalue weighted by atomic mass is 10.3. The van der Waals surface area contributed by atoms with Crippen LogP contribution in [-0.4, -0.2) is 33.3 Å². The summed E-state index contributed by atoms with van der Waals surface area (Å²) in [7, 11) is 0. The van der Waals surface area contributed by atoms with Crippen molar-refractivity contribution in [2.24, 2.45) is 0 Å². The number of fused-ring (bicyclic) bond motifs is 1. The highest BCUT2D eigenvalue weighted by Gasteiger charge is 2.26. The van der Waals surface area contributed by atoms with Crippen molar-refractivity contribution in [2.75, 3.05) is 11.4 Å². The Hall–Kier alpha value is -1.60. The number of nitrogens with one attached hydrogen (secondary N) is 1. The van der Waals surface area contributed by atoms with Crippen molar-refractivity contribution in [1.82, 2.24) is 14.7 Å². The summed E-state index contributed by atoms with van der Waals surface area (Å²) < 4.78 is 2.70. The molecule has 1 unspecified atom stereocenters. The molecular weight excluding hydrogens is 300 g/mol. The fourth-order valence-corrected chi connectivity index (χ4v) is 2.47. The number of hydrogen-bond donors (Lipinski definition) is 2. The number of halogens is 1. The molecule has 6 nitrogen and oxygen atoms in total. The van der Waals surface area contributed by atoms with Crippen LogP contribution in [-0.2, 0) is 0 Å². The summed E-state index contributed by atoms with van der Waals surface area (Å²) in [4.78, 5) is 17.7. The number of imidazole rings is 1. The van der Waals surface area contributed by atoms with E-state index in [4.69, 9.17) is 0 Å². The van der Waals surface area contributed by atoms with Gasteiger partial charge in [0.2, 0.25) is 0 Å². The second-order valence-electron chi connectivity index (χ2n) is 4.07. The van der Waals surface area contributed by atoms with Crippen LogP contribution in [0.15, 0.2) is 29.0 Å². The molecule has 0 saturated carbocycles. The van der Waals surface area contributed by atoms with E-state index in [0.717, 1.165) is 10.1 Å². The first-order chi connectivity index (χ1) is 8.66. The Morgan fingerprint density at radius 1 is 1.56 bits per heavy atom. The zero-order valence-electron chi connectivity index (χ0n) is 9.38. The van der Waals surface area contributed by atoms with Gasteiger partial charge in [-0.3, -0.25) is 9.30 Å². The zero-order valence-corrected chi connectivity index (χ0v) is 11.0. The van der Waals surface area contributed by atoms with Gasteiger partial charge in [-0.1, -0.05) is 0 Å². The summed E-state index contributed by atoms with van der Waals surface area (Å²) in [6.45, 7) is 0.466. The number of carbonyl (C=O) groups excluding carboxylic acids is 1. The number of urea groups is 1. The maximum absolute atomic E-state index is 11.8. The van der Waals surface area contributed by atoms with E-state index in [9.17, 15) is 9.90 Å². The van der Waals surface area contributed by atoms with Crippen molar-refractivity contribution in [3.63, 3.8) is 0 Å². The number of aliphatic hydroxyl groups is 1. The Morgan fingerprint density at radius 2 is 2.39 bits per heavy atom. The second-order valence-corrected chi connectivity index (χ2v) is 4.93. The molecule has 94 valence electrons. The number of aromatic nitrogens is 2. The summed E-state index contributed by atoms with van der Waals surface area (Å²) in [5, 5.41) is 11.9. The van der Waals surface area contributed by atoms with Gasteiger partial charge in [-0.05, 0) is 28.1 Å². The smallest absolute Gasteiger partial charge is 0.325 e. The van der Waals surface area contributed by atoms with Crippen LogP contribution in [0.1, 0.15) is 6.42 Å². The van der Waals surface area contributed by atoms with E-state index < -0.39 is 6.23 Å². The summed E-state index contributed by atoms with van der Waals surface area (Å²) >= 11 is 3.42. The summed E-state index contributed by atoms with van der Waals surface area (Å²) in [6, 6.07) is 3.46. The SMILES string of the molecule is O=C1NC(O)CCN1c1cnc2c(Br)cccn12. The monoisotopic (exact) mass is 310 g/mol. The predicted octanol–water partition coefficient (Wildman–Crippen LogP) is 1.33. The number of carbonyl (C=O) groups is 1. The Bertz CT molecular complexity index is 612. The molecule has 1 aliphatic heterocycles. The fraction of sp³-hybridized carbons (Fsp3) is 0.273. The van der Waals surface area contributed by atoms with Crippen molar-refractivity contribution >= 4 is 33.4 Å². The van der Waals surface area contributed by atoms with Gasteiger partial charge in [0.15, 0.2) is 5.65 Å². The third-order valence-corrected chi connectivity index (χ3v) is 3.53. The molecule has 2 aromatic heterocycles. The minimum absolute atomic E-state index is 0.310. The van der Waals surface area contributed by atoms with E-state index in [-0.39, 0.29) is 6.03 Å². The van der Waals surface area contributed by atoms with E-state index in [2.05, 4.69) is 26.2 Å². The van der Waals surface area contributed by atoms with Crippen LogP contribution in [0.3, 0.4) is 0 Å². The third kappa shape index (κ3) is 1.75. The number of pyridine rings is 1. The van der Waals surface area contributed by atoms with Gasteiger partial charge < -0.3 is 10.4 Å². The van der Waals surface area contributed by atoms with Gasteiger partial charge in [0, 0.05) is 19.2 Å². The lowest BCUT2D eigenvalue weighted by molar-refractivity contribution is 0.125. The Balaban J connectivity index is 2.05. The molecule has 0 aromatic carbocycles. The molecule has 18 heavy (non-hydrogen) atoms. The van der Waals surface area contributed by atoms with E-state index in [1.807, 2.05) is 22.7 Å². The summed E-state index contributed by atoms with van der Waals surface area (Å²) in [5.41, 5.74) is 0.756. The highest BCUT2D eigenvalue weighted by atomic mass is 79.9. The van der Waals surface area contributed by atoms with Gasteiger partial charge in [-0.25, -0.2) is 9.78 Å². The normalized spacial score (nSPS) is 20.2. The average molecular weight is 311 g/mol. The molecule has 0 bridgehead atoms. The van der Waals surface area contributed by atoms with Gasteiger partial charge in [0.25, 0.3) is 0 Å². The lowest BCUT2D eigenvalue weighted by Crippen LogP contribution is -2.52. The van der Waals surface area contributed by atoms with Crippen LogP contribution in [0, 0.1) is 0 Å². The molecule has 2 amide bonds. The van der Waals surface area contributed by atoms with Crippen molar-refractivity contribution in [1.29, 1.82) is 0 Å². The van der Waals surface area contributed by atoms with E-state index >= 15 is 0 Å². The molecule has 0 aliphatic carbocycles. The van der Waals surface area contributed by atoms with E-state index in [1.165, 1.54) is 0 Å². The quantitative estimate of drug-likeness (QED) is 0.835. The molecule has 0 radical (unpaired) electrons. The first kappa shape index (κ1) is 11.5. The number of aliphatic hydroxyl groups excluding tert-OH is 1. The summed E-state index contributed by atoms with van der Waals surface area (Å²) in [6.07, 6.45) is 3.23. The van der Waals surface area contributed by atoms with Crippen LogP contribution < -0.4 is 10.2 Å². The number of amides is 2. The minimum Gasteiger partial charge on any atom is -0.374 e. The predicted molar refractivity (Wildman–Crippen MR) is 69.4 cm³/mol. The maximum Gasteiger partial charge on any atom is 0.325 e. The van der Waals surface area contributed by atoms with Crippen molar-refractivity contribution in [3.8, 4) is 0 Å². The second kappa shape index (κ2) is 4.25. The molecule has 1 atom stereocenters. The molecule has 3 rings (SSSR count). The first-order valence-corrected chi connectivity index (χ1v) is 6.34.